The van der Waals surface area contributed by atoms with Crippen molar-refractivity contribution in [1.82, 2.24) is 30.1 Å². The molecule has 9 nitrogen and oxygen atoms in total. The molecule has 0 aromatic carbocycles. The van der Waals surface area contributed by atoms with Gasteiger partial charge < -0.3 is 10.2 Å². The maximum Gasteiger partial charge on any atom is 0.233 e. The first kappa shape index (κ1) is 15.9. The molecule has 1 aliphatic heterocycles. The second-order valence-electron chi connectivity index (χ2n) is 5.01. The summed E-state index contributed by atoms with van der Waals surface area (Å²) >= 11 is 2.74. The molecule has 23 heavy (non-hydrogen) atoms. The van der Waals surface area contributed by atoms with Gasteiger partial charge in [-0.2, -0.15) is 0 Å². The predicted molar refractivity (Wildman–Crippen MR) is 85.1 cm³/mol. The van der Waals surface area contributed by atoms with Gasteiger partial charge in [0.1, 0.15) is 0 Å². The van der Waals surface area contributed by atoms with Crippen LogP contribution in [0.25, 0.3) is 0 Å². The summed E-state index contributed by atoms with van der Waals surface area (Å²) in [4.78, 5) is 30.7. The molecule has 0 saturated carbocycles. The third-order valence-electron chi connectivity index (χ3n) is 3.27. The highest BCUT2D eigenvalue weighted by molar-refractivity contribution is 7.99. The van der Waals surface area contributed by atoms with Crippen LogP contribution in [0.15, 0.2) is 5.16 Å². The second kappa shape index (κ2) is 6.62. The molecule has 0 bridgehead atoms. The number of nitrogens with one attached hydrogen (secondary N) is 1. The number of thioether (sulfide) groups is 1. The van der Waals surface area contributed by atoms with E-state index in [0.717, 1.165) is 10.6 Å². The van der Waals surface area contributed by atoms with Crippen molar-refractivity contribution in [2.75, 3.05) is 17.6 Å². The predicted octanol–water partition coefficient (Wildman–Crippen LogP) is 0.302. The summed E-state index contributed by atoms with van der Waals surface area (Å²) in [6, 6.07) is 0. The molecule has 0 unspecified atom stereocenters. The number of anilines is 1. The third kappa shape index (κ3) is 3.67. The first-order valence-electron chi connectivity index (χ1n) is 6.92. The fraction of sp³-hybridized carbons (Fsp3) is 0.500. The highest BCUT2D eigenvalue weighted by atomic mass is 32.2. The molecular formula is C12H15N7O2S2. The van der Waals surface area contributed by atoms with Crippen molar-refractivity contribution in [3.05, 3.63) is 10.6 Å². The number of tetrazole rings is 1. The molecule has 0 aliphatic carbocycles. The number of hydrogen-bond acceptors (Lipinski definition) is 8. The summed E-state index contributed by atoms with van der Waals surface area (Å²) in [5.41, 5.74) is 0.966. The molecule has 0 saturated heterocycles. The van der Waals surface area contributed by atoms with Crippen molar-refractivity contribution < 1.29 is 9.59 Å². The maximum atomic E-state index is 12.3. The lowest BCUT2D eigenvalue weighted by Crippen LogP contribution is -2.36. The fourth-order valence-corrected chi connectivity index (χ4v) is 4.00. The fourth-order valence-electron chi connectivity index (χ4n) is 2.17. The molecule has 3 rings (SSSR count). The Labute approximate surface area is 140 Å². The van der Waals surface area contributed by atoms with Gasteiger partial charge in [0.25, 0.3) is 0 Å². The monoisotopic (exact) mass is 353 g/mol. The molecule has 122 valence electrons. The lowest BCUT2D eigenvalue weighted by molar-refractivity contribution is -0.129. The minimum Gasteiger partial charge on any atom is -0.336 e. The number of amides is 2. The molecule has 0 fully saturated rings. The molecule has 3 heterocycles. The highest BCUT2D eigenvalue weighted by Crippen LogP contribution is 2.28. The van der Waals surface area contributed by atoms with E-state index in [2.05, 4.69) is 25.8 Å². The van der Waals surface area contributed by atoms with Crippen LogP contribution in [-0.2, 0) is 29.6 Å². The number of aromatic nitrogens is 5. The Balaban J connectivity index is 1.60. The zero-order valence-corrected chi connectivity index (χ0v) is 14.3. The summed E-state index contributed by atoms with van der Waals surface area (Å²) in [5, 5.41) is 15.0. The first-order chi connectivity index (χ1) is 11.0. The normalized spacial score (nSPS) is 13.7. The largest absolute Gasteiger partial charge is 0.336 e. The van der Waals surface area contributed by atoms with Crippen LogP contribution in [0.5, 0.6) is 0 Å². The second-order valence-corrected chi connectivity index (χ2v) is 7.04. The lowest BCUT2D eigenvalue weighted by atomic mass is 10.2. The van der Waals surface area contributed by atoms with E-state index < -0.39 is 0 Å². The van der Waals surface area contributed by atoms with E-state index in [4.69, 9.17) is 0 Å². The smallest absolute Gasteiger partial charge is 0.233 e. The van der Waals surface area contributed by atoms with Gasteiger partial charge in [-0.15, -0.1) is 5.10 Å². The standard InChI is InChI=1S/C12H15N7O2S2/c1-7(20)13-11-14-8-3-4-19(5-9(8)23-11)10(21)6-22-12-15-16-17-18(12)2/h3-6H2,1-2H3,(H,13,14,20). The zero-order valence-electron chi connectivity index (χ0n) is 12.6. The van der Waals surface area contributed by atoms with Crippen LogP contribution < -0.4 is 5.32 Å². The number of fused-ring (bicyclic) bond motifs is 1. The average molecular weight is 353 g/mol. The van der Waals surface area contributed by atoms with Crippen LogP contribution in [0.2, 0.25) is 0 Å². The average Bonchev–Trinajstić information content (AvgIpc) is 3.08. The molecule has 1 N–H and O–H groups in total. The van der Waals surface area contributed by atoms with E-state index in [1.165, 1.54) is 34.7 Å². The van der Waals surface area contributed by atoms with Gasteiger partial charge in [-0.05, 0) is 10.4 Å². The minimum atomic E-state index is -0.141. The summed E-state index contributed by atoms with van der Waals surface area (Å²) in [5.74, 6) is 0.191. The number of thiazole rings is 1. The molecule has 0 spiro atoms. The Morgan fingerprint density at radius 3 is 2.96 bits per heavy atom. The van der Waals surface area contributed by atoms with Gasteiger partial charge in [-0.1, -0.05) is 23.1 Å². The topological polar surface area (TPSA) is 106 Å². The summed E-state index contributed by atoms with van der Waals surface area (Å²) < 4.78 is 1.54. The van der Waals surface area contributed by atoms with Crippen molar-refractivity contribution in [2.45, 2.75) is 25.0 Å². The van der Waals surface area contributed by atoms with Gasteiger partial charge in [-0.25, -0.2) is 9.67 Å². The van der Waals surface area contributed by atoms with Crippen LogP contribution in [0, 0.1) is 0 Å². The molecule has 11 heteroatoms. The summed E-state index contributed by atoms with van der Waals surface area (Å²) in [6.07, 6.45) is 0.702. The third-order valence-corrected chi connectivity index (χ3v) is 5.27. The van der Waals surface area contributed by atoms with Gasteiger partial charge in [0.2, 0.25) is 17.0 Å². The van der Waals surface area contributed by atoms with Gasteiger partial charge in [0.05, 0.1) is 18.0 Å². The summed E-state index contributed by atoms with van der Waals surface area (Å²) in [6.45, 7) is 2.62. The Morgan fingerprint density at radius 1 is 1.43 bits per heavy atom. The van der Waals surface area contributed by atoms with E-state index in [9.17, 15) is 9.59 Å². The quantitative estimate of drug-likeness (QED) is 0.788. The Hall–Kier alpha value is -2.01. The molecule has 2 aromatic rings. The van der Waals surface area contributed by atoms with Gasteiger partial charge in [0, 0.05) is 31.8 Å². The number of carbonyl (C=O) groups is 2. The molecule has 1 aliphatic rings. The van der Waals surface area contributed by atoms with Crippen LogP contribution in [0.1, 0.15) is 17.5 Å². The molecule has 2 aromatic heterocycles. The van der Waals surface area contributed by atoms with Crippen LogP contribution in [-0.4, -0.2) is 54.2 Å². The molecule has 0 radical (unpaired) electrons. The van der Waals surface area contributed by atoms with Crippen molar-refractivity contribution in [3.63, 3.8) is 0 Å². The highest BCUT2D eigenvalue weighted by Gasteiger charge is 2.24. The number of nitrogens with zero attached hydrogens (tertiary/aromatic N) is 6. The lowest BCUT2D eigenvalue weighted by Gasteiger charge is -2.25. The Kier molecular flexibility index (Phi) is 4.57. The Morgan fingerprint density at radius 2 is 2.26 bits per heavy atom. The van der Waals surface area contributed by atoms with E-state index in [1.54, 1.807) is 11.9 Å². The molecule has 0 atom stereocenters. The number of hydrogen-bond donors (Lipinski definition) is 1. The molecular weight excluding hydrogens is 338 g/mol. The van der Waals surface area contributed by atoms with E-state index in [1.807, 2.05) is 0 Å². The van der Waals surface area contributed by atoms with Gasteiger partial charge in [-0.3, -0.25) is 9.59 Å². The van der Waals surface area contributed by atoms with Crippen molar-refractivity contribution in [1.29, 1.82) is 0 Å². The van der Waals surface area contributed by atoms with Crippen molar-refractivity contribution >= 4 is 40.0 Å². The van der Waals surface area contributed by atoms with Crippen molar-refractivity contribution in [3.8, 4) is 0 Å². The minimum absolute atomic E-state index is 0.0399. The van der Waals surface area contributed by atoms with Crippen molar-refractivity contribution in [2.24, 2.45) is 7.05 Å². The Bertz CT molecular complexity index is 742. The number of carbonyl (C=O) groups excluding carboxylic acids is 2. The SMILES string of the molecule is CC(=O)Nc1nc2c(s1)CN(C(=O)CSc1nnnn1C)CC2. The van der Waals surface area contributed by atoms with Crippen LogP contribution in [0.3, 0.4) is 0 Å². The van der Waals surface area contributed by atoms with E-state index in [-0.39, 0.29) is 11.8 Å². The zero-order chi connectivity index (χ0) is 16.4. The van der Waals surface area contributed by atoms with Crippen LogP contribution in [0.4, 0.5) is 5.13 Å². The van der Waals surface area contributed by atoms with E-state index in [0.29, 0.717) is 35.6 Å². The molecule has 2 amide bonds. The van der Waals surface area contributed by atoms with Crippen LogP contribution >= 0.6 is 23.1 Å². The number of aryl methyl sites for hydroxylation is 1. The first-order valence-corrected chi connectivity index (χ1v) is 8.72. The maximum absolute atomic E-state index is 12.3. The number of rotatable bonds is 4. The van der Waals surface area contributed by atoms with Gasteiger partial charge >= 0.3 is 0 Å². The van der Waals surface area contributed by atoms with E-state index >= 15 is 0 Å². The summed E-state index contributed by atoms with van der Waals surface area (Å²) in [7, 11) is 1.74. The van der Waals surface area contributed by atoms with Gasteiger partial charge in [0.15, 0.2) is 5.13 Å².